The first-order valence-electron chi connectivity index (χ1n) is 5.39. The summed E-state index contributed by atoms with van der Waals surface area (Å²) in [5.41, 5.74) is 0.645. The molecule has 0 aliphatic rings. The Bertz CT molecular complexity index is 363. The van der Waals surface area contributed by atoms with Gasteiger partial charge in [-0.3, -0.25) is 4.79 Å². The number of halogens is 1. The van der Waals surface area contributed by atoms with Crippen LogP contribution in [0.4, 0.5) is 0 Å². The van der Waals surface area contributed by atoms with Crippen LogP contribution in [-0.4, -0.2) is 34.8 Å². The zero-order valence-corrected chi connectivity index (χ0v) is 10.7. The molecule has 1 amide bonds. The first-order valence-corrected chi connectivity index (χ1v) is 5.92. The van der Waals surface area contributed by atoms with E-state index >= 15 is 0 Å². The second kappa shape index (κ2) is 5.89. The Hall–Kier alpha value is -1.03. The summed E-state index contributed by atoms with van der Waals surface area (Å²) >= 11 is 5.61. The lowest BCUT2D eigenvalue weighted by Crippen LogP contribution is -2.32. The fraction of sp³-hybridized carbons (Fsp3) is 0.636. The molecule has 90 valence electrons. The Labute approximate surface area is 101 Å². The fourth-order valence-electron chi connectivity index (χ4n) is 1.53. The molecule has 5 heteroatoms. The summed E-state index contributed by atoms with van der Waals surface area (Å²) in [4.78, 5) is 17.9. The van der Waals surface area contributed by atoms with E-state index in [0.29, 0.717) is 36.3 Å². The number of oxazole rings is 1. The van der Waals surface area contributed by atoms with Gasteiger partial charge in [0.25, 0.3) is 5.91 Å². The summed E-state index contributed by atoms with van der Waals surface area (Å²) in [6.45, 7) is 6.75. The minimum absolute atomic E-state index is 0.106. The van der Waals surface area contributed by atoms with Crippen molar-refractivity contribution in [1.29, 1.82) is 0 Å². The molecule has 4 nitrogen and oxygen atoms in total. The highest BCUT2D eigenvalue weighted by atomic mass is 35.5. The van der Waals surface area contributed by atoms with Gasteiger partial charge >= 0.3 is 0 Å². The number of hydrogen-bond acceptors (Lipinski definition) is 3. The van der Waals surface area contributed by atoms with Gasteiger partial charge in [0.05, 0.1) is 5.69 Å². The molecule has 0 spiro atoms. The van der Waals surface area contributed by atoms with Gasteiger partial charge in [-0.25, -0.2) is 4.98 Å². The van der Waals surface area contributed by atoms with Crippen LogP contribution in [0.3, 0.4) is 0 Å². The summed E-state index contributed by atoms with van der Waals surface area (Å²) in [6.07, 6.45) is 0.785. The quantitative estimate of drug-likeness (QED) is 0.747. The van der Waals surface area contributed by atoms with Crippen LogP contribution >= 0.6 is 11.6 Å². The van der Waals surface area contributed by atoms with Crippen molar-refractivity contribution < 1.29 is 9.21 Å². The number of amides is 1. The molecule has 0 saturated carbocycles. The first kappa shape index (κ1) is 13.0. The molecular formula is C11H17ClN2O2. The highest BCUT2D eigenvalue weighted by Crippen LogP contribution is 2.12. The highest BCUT2D eigenvalue weighted by molar-refractivity contribution is 6.17. The van der Waals surface area contributed by atoms with Crippen molar-refractivity contribution in [3.05, 3.63) is 17.3 Å². The normalized spacial score (nSPS) is 10.5. The van der Waals surface area contributed by atoms with Gasteiger partial charge in [0.2, 0.25) is 5.76 Å². The lowest BCUT2D eigenvalue weighted by Gasteiger charge is -2.18. The number of carbonyl (C=O) groups excluding carboxylic acids is 1. The maximum atomic E-state index is 12.1. The molecule has 0 fully saturated rings. The molecular weight excluding hydrogens is 228 g/mol. The minimum Gasteiger partial charge on any atom is -0.436 e. The van der Waals surface area contributed by atoms with E-state index in [9.17, 15) is 4.79 Å². The van der Waals surface area contributed by atoms with E-state index < -0.39 is 0 Å². The first-order chi connectivity index (χ1) is 7.60. The molecule has 1 heterocycles. The van der Waals surface area contributed by atoms with Gasteiger partial charge in [0.15, 0.2) is 5.89 Å². The van der Waals surface area contributed by atoms with Crippen molar-refractivity contribution in [3.63, 3.8) is 0 Å². The van der Waals surface area contributed by atoms with Gasteiger partial charge in [-0.2, -0.15) is 0 Å². The third kappa shape index (κ3) is 2.98. The van der Waals surface area contributed by atoms with Gasteiger partial charge in [0, 0.05) is 25.9 Å². The fourth-order valence-corrected chi connectivity index (χ4v) is 1.65. The monoisotopic (exact) mass is 244 g/mol. The van der Waals surface area contributed by atoms with E-state index in [2.05, 4.69) is 4.98 Å². The average molecular weight is 245 g/mol. The number of nitrogens with zero attached hydrogens (tertiary/aromatic N) is 2. The molecule has 0 aliphatic carbocycles. The summed E-state index contributed by atoms with van der Waals surface area (Å²) in [7, 11) is 0. The van der Waals surface area contributed by atoms with E-state index in [-0.39, 0.29) is 5.91 Å². The lowest BCUT2D eigenvalue weighted by atomic mass is 10.3. The van der Waals surface area contributed by atoms with Crippen LogP contribution in [0.15, 0.2) is 4.42 Å². The van der Waals surface area contributed by atoms with Crippen LogP contribution in [0.1, 0.15) is 35.5 Å². The molecule has 1 aromatic rings. The lowest BCUT2D eigenvalue weighted by molar-refractivity contribution is 0.0730. The number of hydrogen-bond donors (Lipinski definition) is 0. The van der Waals surface area contributed by atoms with Crippen LogP contribution in [0.25, 0.3) is 0 Å². The van der Waals surface area contributed by atoms with Gasteiger partial charge < -0.3 is 9.32 Å². The van der Waals surface area contributed by atoms with Gasteiger partial charge in [-0.1, -0.05) is 0 Å². The Morgan fingerprint density at radius 2 is 2.19 bits per heavy atom. The smallest absolute Gasteiger partial charge is 0.291 e. The minimum atomic E-state index is -0.106. The SMILES string of the molecule is CCN(CCCCl)C(=O)c1oc(C)nc1C. The number of aromatic nitrogens is 1. The predicted molar refractivity (Wildman–Crippen MR) is 62.9 cm³/mol. The summed E-state index contributed by atoms with van der Waals surface area (Å²) < 4.78 is 5.30. The van der Waals surface area contributed by atoms with Crippen LogP contribution in [0, 0.1) is 13.8 Å². The van der Waals surface area contributed by atoms with Crippen molar-refractivity contribution >= 4 is 17.5 Å². The van der Waals surface area contributed by atoms with E-state index in [4.69, 9.17) is 16.0 Å². The molecule has 0 bridgehead atoms. The van der Waals surface area contributed by atoms with Crippen LogP contribution in [0.2, 0.25) is 0 Å². The topological polar surface area (TPSA) is 46.3 Å². The predicted octanol–water partition coefficient (Wildman–Crippen LogP) is 2.38. The highest BCUT2D eigenvalue weighted by Gasteiger charge is 2.20. The summed E-state index contributed by atoms with van der Waals surface area (Å²) in [5, 5.41) is 0. The van der Waals surface area contributed by atoms with Crippen molar-refractivity contribution in [3.8, 4) is 0 Å². The summed E-state index contributed by atoms with van der Waals surface area (Å²) in [5.74, 6) is 1.31. The van der Waals surface area contributed by atoms with E-state index in [1.54, 1.807) is 18.7 Å². The third-order valence-electron chi connectivity index (χ3n) is 2.33. The van der Waals surface area contributed by atoms with Crippen molar-refractivity contribution in [1.82, 2.24) is 9.88 Å². The zero-order valence-electron chi connectivity index (χ0n) is 9.92. The Kier molecular flexibility index (Phi) is 4.80. The molecule has 0 unspecified atom stereocenters. The maximum Gasteiger partial charge on any atom is 0.291 e. The zero-order chi connectivity index (χ0) is 12.1. The van der Waals surface area contributed by atoms with Gasteiger partial charge in [0.1, 0.15) is 0 Å². The number of alkyl halides is 1. The second-order valence-electron chi connectivity index (χ2n) is 3.57. The Morgan fingerprint density at radius 3 is 2.62 bits per heavy atom. The van der Waals surface area contributed by atoms with Crippen LogP contribution in [-0.2, 0) is 0 Å². The molecule has 0 aromatic carbocycles. The molecule has 1 aromatic heterocycles. The molecule has 0 saturated heterocycles. The number of carbonyl (C=O) groups is 1. The second-order valence-corrected chi connectivity index (χ2v) is 3.95. The Balaban J connectivity index is 2.78. The third-order valence-corrected chi connectivity index (χ3v) is 2.60. The molecule has 0 radical (unpaired) electrons. The standard InChI is InChI=1S/C11H17ClN2O2/c1-4-14(7-5-6-12)11(15)10-8(2)13-9(3)16-10/h4-7H2,1-3H3. The number of rotatable bonds is 5. The Morgan fingerprint density at radius 1 is 1.50 bits per heavy atom. The largest absolute Gasteiger partial charge is 0.436 e. The maximum absolute atomic E-state index is 12.1. The average Bonchev–Trinajstić information content (AvgIpc) is 2.58. The molecule has 0 aliphatic heterocycles. The molecule has 0 atom stereocenters. The van der Waals surface area contributed by atoms with E-state index in [1.807, 2.05) is 6.92 Å². The van der Waals surface area contributed by atoms with Crippen molar-refractivity contribution in [2.45, 2.75) is 27.2 Å². The van der Waals surface area contributed by atoms with Crippen molar-refractivity contribution in [2.24, 2.45) is 0 Å². The van der Waals surface area contributed by atoms with Crippen LogP contribution < -0.4 is 0 Å². The van der Waals surface area contributed by atoms with Crippen molar-refractivity contribution in [2.75, 3.05) is 19.0 Å². The van der Waals surface area contributed by atoms with Crippen LogP contribution in [0.5, 0.6) is 0 Å². The van der Waals surface area contributed by atoms with E-state index in [0.717, 1.165) is 6.42 Å². The molecule has 0 N–H and O–H groups in total. The number of aryl methyl sites for hydroxylation is 2. The van der Waals surface area contributed by atoms with Gasteiger partial charge in [-0.15, -0.1) is 11.6 Å². The summed E-state index contributed by atoms with van der Waals surface area (Å²) in [6, 6.07) is 0. The van der Waals surface area contributed by atoms with Gasteiger partial charge in [-0.05, 0) is 20.3 Å². The van der Waals surface area contributed by atoms with E-state index in [1.165, 1.54) is 0 Å². The molecule has 1 rings (SSSR count). The molecule has 16 heavy (non-hydrogen) atoms.